The monoisotopic (exact) mass is 501 g/mol. The van der Waals surface area contributed by atoms with Gasteiger partial charge in [0.15, 0.2) is 0 Å². The Morgan fingerprint density at radius 1 is 0.758 bits per heavy atom. The van der Waals surface area contributed by atoms with Gasteiger partial charge in [0.2, 0.25) is 0 Å². The molecule has 1 aromatic heterocycles. The highest BCUT2D eigenvalue weighted by molar-refractivity contribution is 9.10. The number of hydrogen-bond acceptors (Lipinski definition) is 2. The van der Waals surface area contributed by atoms with Crippen molar-refractivity contribution in [2.75, 3.05) is 0 Å². The molecular weight excluding hydrogens is 483 g/mol. The molecule has 0 radical (unpaired) electrons. The molecule has 1 heterocycles. The number of benzene rings is 3. The fraction of sp³-hybridized carbons (Fsp3) is 0.148. The zero-order valence-corrected chi connectivity index (χ0v) is 19.3. The van der Waals surface area contributed by atoms with Gasteiger partial charge in [0.25, 0.3) is 0 Å². The lowest BCUT2D eigenvalue weighted by Gasteiger charge is -2.30. The highest BCUT2D eigenvalue weighted by Crippen LogP contribution is 2.48. The Kier molecular flexibility index (Phi) is 5.06. The van der Waals surface area contributed by atoms with Gasteiger partial charge in [-0.1, -0.05) is 64.5 Å². The van der Waals surface area contributed by atoms with Gasteiger partial charge in [-0.25, -0.2) is 8.63 Å². The maximum atomic E-state index is 13.3. The molecule has 0 atom stereocenters. The highest BCUT2D eigenvalue weighted by atomic mass is 79.9. The smallest absolute Gasteiger partial charge is 0.505 e. The molecule has 33 heavy (non-hydrogen) atoms. The summed E-state index contributed by atoms with van der Waals surface area (Å²) in [5.41, 5.74) is 10.8. The molecule has 2 nitrogen and oxygen atoms in total. The van der Waals surface area contributed by atoms with E-state index in [0.29, 0.717) is 11.3 Å². The summed E-state index contributed by atoms with van der Waals surface area (Å²) in [5, 5.41) is 0. The third kappa shape index (κ3) is 3.48. The molecule has 0 fully saturated rings. The van der Waals surface area contributed by atoms with Crippen molar-refractivity contribution in [2.24, 2.45) is 0 Å². The molecular formula is C27H19BBrF2NO. The molecule has 2 aliphatic rings. The fourth-order valence-electron chi connectivity index (χ4n) is 5.29. The second-order valence-corrected chi connectivity index (χ2v) is 9.38. The van der Waals surface area contributed by atoms with Gasteiger partial charge in [0, 0.05) is 26.9 Å². The Morgan fingerprint density at radius 2 is 1.42 bits per heavy atom. The van der Waals surface area contributed by atoms with Crippen LogP contribution in [0.25, 0.3) is 33.5 Å². The zero-order chi connectivity index (χ0) is 22.5. The van der Waals surface area contributed by atoms with E-state index in [1.165, 1.54) is 27.8 Å². The van der Waals surface area contributed by atoms with Crippen molar-refractivity contribution in [3.63, 3.8) is 0 Å². The maximum absolute atomic E-state index is 13.3. The first-order valence-electron chi connectivity index (χ1n) is 11.1. The highest BCUT2D eigenvalue weighted by Gasteiger charge is 2.31. The summed E-state index contributed by atoms with van der Waals surface area (Å²) in [6, 6.07) is 22.0. The van der Waals surface area contributed by atoms with Crippen molar-refractivity contribution in [1.29, 1.82) is 0 Å². The summed E-state index contributed by atoms with van der Waals surface area (Å²) in [6.45, 7) is 0. The number of pyridine rings is 1. The Bertz CT molecular complexity index is 1410. The van der Waals surface area contributed by atoms with E-state index in [-0.39, 0.29) is 5.75 Å². The Hall–Kier alpha value is -2.99. The van der Waals surface area contributed by atoms with E-state index in [0.717, 1.165) is 47.0 Å². The van der Waals surface area contributed by atoms with Crippen LogP contribution >= 0.6 is 15.9 Å². The van der Waals surface area contributed by atoms with Gasteiger partial charge < -0.3 is 4.65 Å². The van der Waals surface area contributed by atoms with Gasteiger partial charge in [-0.3, -0.25) is 4.98 Å². The molecule has 162 valence electrons. The van der Waals surface area contributed by atoms with E-state index in [1.807, 2.05) is 12.1 Å². The molecule has 6 rings (SSSR count). The van der Waals surface area contributed by atoms with Gasteiger partial charge in [-0.05, 0) is 71.7 Å². The number of rotatable bonds is 3. The van der Waals surface area contributed by atoms with Crippen molar-refractivity contribution in [3.05, 3.63) is 93.6 Å². The van der Waals surface area contributed by atoms with Gasteiger partial charge >= 0.3 is 7.47 Å². The van der Waals surface area contributed by atoms with E-state index in [2.05, 4.69) is 58.4 Å². The number of hydrogen-bond donors (Lipinski definition) is 0. The molecule has 0 bridgehead atoms. The quantitative estimate of drug-likeness (QED) is 0.274. The number of aryl methyl sites for hydroxylation is 3. The first kappa shape index (κ1) is 20.6. The van der Waals surface area contributed by atoms with Crippen LogP contribution in [-0.2, 0) is 25.7 Å². The number of nitrogens with zero attached hydrogens (tertiary/aromatic N) is 1. The lowest BCUT2D eigenvalue weighted by atomic mass is 9.76. The molecule has 0 N–H and O–H groups in total. The maximum Gasteiger partial charge on any atom is 0.796 e. The van der Waals surface area contributed by atoms with Crippen LogP contribution in [0.1, 0.15) is 22.4 Å². The largest absolute Gasteiger partial charge is 0.796 e. The lowest BCUT2D eigenvalue weighted by Crippen LogP contribution is -2.16. The van der Waals surface area contributed by atoms with Gasteiger partial charge in [-0.2, -0.15) is 0 Å². The molecule has 3 aromatic carbocycles. The van der Waals surface area contributed by atoms with Crippen LogP contribution in [0, 0.1) is 0 Å². The standard InChI is InChI=1S/C27H19BBrF2NO/c29-18-11-14-24(33-28(30)31)22(15-18)27-26-20-8-4-2-5-16(20)9-12-21(26)25-19-7-3-1-6-17(19)10-13-23(25)32-27/h1-8,11,14-15H,9-10,12-13H2. The summed E-state index contributed by atoms with van der Waals surface area (Å²) < 4.78 is 32.3. The van der Waals surface area contributed by atoms with Crippen LogP contribution in [-0.4, -0.2) is 12.5 Å². The summed E-state index contributed by atoms with van der Waals surface area (Å²) in [4.78, 5) is 5.16. The molecule has 0 amide bonds. The first-order chi connectivity index (χ1) is 16.1. The van der Waals surface area contributed by atoms with Crippen molar-refractivity contribution in [3.8, 4) is 39.3 Å². The molecule has 0 saturated heterocycles. The van der Waals surface area contributed by atoms with Crippen LogP contribution in [0.5, 0.6) is 5.75 Å². The number of halogens is 3. The van der Waals surface area contributed by atoms with Crippen LogP contribution < -0.4 is 4.65 Å². The predicted molar refractivity (Wildman–Crippen MR) is 132 cm³/mol. The van der Waals surface area contributed by atoms with Crippen LogP contribution in [0.4, 0.5) is 8.63 Å². The van der Waals surface area contributed by atoms with Crippen LogP contribution in [0.3, 0.4) is 0 Å². The predicted octanol–water partition coefficient (Wildman–Crippen LogP) is 7.35. The summed E-state index contributed by atoms with van der Waals surface area (Å²) >= 11 is 3.51. The molecule has 0 spiro atoms. The normalized spacial score (nSPS) is 13.4. The van der Waals surface area contributed by atoms with Crippen LogP contribution in [0.2, 0.25) is 0 Å². The fourth-order valence-corrected chi connectivity index (χ4v) is 5.65. The van der Waals surface area contributed by atoms with Gasteiger partial charge in [-0.15, -0.1) is 0 Å². The second-order valence-electron chi connectivity index (χ2n) is 8.47. The average molecular weight is 502 g/mol. The summed E-state index contributed by atoms with van der Waals surface area (Å²) in [5.74, 6) is 0.141. The number of fused-ring (bicyclic) bond motifs is 7. The third-order valence-electron chi connectivity index (χ3n) is 6.64. The molecule has 0 aliphatic heterocycles. The SMILES string of the molecule is FB(F)Oc1ccc(Br)cc1-c1nc2c(c3c1-c1ccccc1CC3)-c1ccccc1CC2. The molecule has 0 unspecified atom stereocenters. The van der Waals surface area contributed by atoms with E-state index < -0.39 is 7.47 Å². The third-order valence-corrected chi connectivity index (χ3v) is 7.13. The summed E-state index contributed by atoms with van der Waals surface area (Å²) in [6.07, 6.45) is 3.58. The van der Waals surface area contributed by atoms with Crippen molar-refractivity contribution >= 4 is 23.4 Å². The Morgan fingerprint density at radius 3 is 2.15 bits per heavy atom. The van der Waals surface area contributed by atoms with E-state index in [1.54, 1.807) is 12.1 Å². The summed E-state index contributed by atoms with van der Waals surface area (Å²) in [7, 11) is -2.91. The van der Waals surface area contributed by atoms with Gasteiger partial charge in [0.1, 0.15) is 5.75 Å². The zero-order valence-electron chi connectivity index (χ0n) is 17.7. The topological polar surface area (TPSA) is 22.1 Å². The van der Waals surface area contributed by atoms with Gasteiger partial charge in [0.05, 0.1) is 5.69 Å². The first-order valence-corrected chi connectivity index (χ1v) is 11.9. The Labute approximate surface area is 200 Å². The number of aromatic nitrogens is 1. The minimum absolute atomic E-state index is 0.141. The van der Waals surface area contributed by atoms with Crippen molar-refractivity contribution in [2.45, 2.75) is 25.7 Å². The minimum atomic E-state index is -2.91. The Balaban J connectivity index is 1.70. The lowest BCUT2D eigenvalue weighted by molar-refractivity contribution is 0.427. The van der Waals surface area contributed by atoms with Crippen LogP contribution in [0.15, 0.2) is 71.2 Å². The molecule has 4 aromatic rings. The average Bonchev–Trinajstić information content (AvgIpc) is 2.83. The molecule has 6 heteroatoms. The van der Waals surface area contributed by atoms with Crippen molar-refractivity contribution in [1.82, 2.24) is 4.98 Å². The second kappa shape index (κ2) is 8.10. The van der Waals surface area contributed by atoms with E-state index in [4.69, 9.17) is 9.64 Å². The van der Waals surface area contributed by atoms with Crippen molar-refractivity contribution < 1.29 is 13.3 Å². The van der Waals surface area contributed by atoms with E-state index in [9.17, 15) is 8.63 Å². The molecule has 2 aliphatic carbocycles. The minimum Gasteiger partial charge on any atom is -0.505 e. The van der Waals surface area contributed by atoms with E-state index >= 15 is 0 Å². The molecule has 0 saturated carbocycles.